The largest absolute Gasteiger partial charge is 0.573 e. The molecule has 6 nitrogen and oxygen atoms in total. The van der Waals surface area contributed by atoms with E-state index in [9.17, 15) is 13.2 Å². The van der Waals surface area contributed by atoms with Crippen molar-refractivity contribution in [2.24, 2.45) is 10.1 Å². The van der Waals surface area contributed by atoms with Crippen molar-refractivity contribution in [1.82, 2.24) is 4.57 Å². The molecule has 0 spiro atoms. The average Bonchev–Trinajstić information content (AvgIpc) is 3.02. The number of hydrogen-bond donors (Lipinski definition) is 0. The highest BCUT2D eigenvalue weighted by molar-refractivity contribution is 5.80. The molecular weight excluding hydrogens is 459 g/mol. The first kappa shape index (κ1) is 25.6. The topological polar surface area (TPSA) is 57.3 Å². The molecule has 184 valence electrons. The lowest BCUT2D eigenvalue weighted by Gasteiger charge is -2.17. The predicted octanol–water partition coefficient (Wildman–Crippen LogP) is 5.93. The number of pyridine rings is 1. The second-order valence-electron chi connectivity index (χ2n) is 7.35. The Labute approximate surface area is 201 Å². The predicted molar refractivity (Wildman–Crippen MR) is 128 cm³/mol. The van der Waals surface area contributed by atoms with Crippen LogP contribution in [0.3, 0.4) is 0 Å². The zero-order valence-electron chi connectivity index (χ0n) is 19.2. The number of allylic oxidation sites excluding steroid dienone is 9. The fraction of sp³-hybridized carbons (Fsp3) is 0.231. The van der Waals surface area contributed by atoms with Gasteiger partial charge in [0.05, 0.1) is 6.42 Å². The van der Waals surface area contributed by atoms with Crippen LogP contribution in [0.15, 0.2) is 112 Å². The number of oxime groups is 1. The van der Waals surface area contributed by atoms with Gasteiger partial charge in [-0.2, -0.15) is 0 Å². The molecule has 1 aliphatic heterocycles. The fourth-order valence-corrected chi connectivity index (χ4v) is 3.30. The van der Waals surface area contributed by atoms with Crippen molar-refractivity contribution in [2.75, 3.05) is 13.7 Å². The quantitative estimate of drug-likeness (QED) is 0.339. The Hall–Kier alpha value is -4.01. The van der Waals surface area contributed by atoms with E-state index in [1.807, 2.05) is 59.5 Å². The van der Waals surface area contributed by atoms with Crippen LogP contribution in [0.1, 0.15) is 19.3 Å². The molecule has 0 amide bonds. The van der Waals surface area contributed by atoms with E-state index in [2.05, 4.69) is 21.5 Å². The van der Waals surface area contributed by atoms with Crippen molar-refractivity contribution in [3.8, 4) is 0 Å². The Balaban J connectivity index is 1.59. The molecule has 0 atom stereocenters. The van der Waals surface area contributed by atoms with Gasteiger partial charge >= 0.3 is 6.36 Å². The molecule has 1 aromatic rings. The average molecular weight is 486 g/mol. The number of alkyl halides is 3. The summed E-state index contributed by atoms with van der Waals surface area (Å²) in [5, 5.41) is 4.05. The number of fused-ring (bicyclic) bond motifs is 1. The summed E-state index contributed by atoms with van der Waals surface area (Å²) in [5.41, 5.74) is 2.62. The molecule has 2 aliphatic rings. The molecule has 0 saturated heterocycles. The van der Waals surface area contributed by atoms with Crippen molar-refractivity contribution in [3.05, 3.63) is 108 Å². The number of halogens is 3. The van der Waals surface area contributed by atoms with Crippen molar-refractivity contribution in [2.45, 2.75) is 25.6 Å². The smallest absolute Gasteiger partial charge is 0.474 e. The molecule has 1 aromatic heterocycles. The third-order valence-electron chi connectivity index (χ3n) is 4.81. The SMILES string of the molecule is C=C/C=C(\C=C/CC1=CCC=C2ON=C(OC/C=C/n3ccccc3=NC)CC2=C1)OC(F)(F)F. The number of rotatable bonds is 8. The summed E-state index contributed by atoms with van der Waals surface area (Å²) in [5.74, 6) is 0.742. The van der Waals surface area contributed by atoms with Crippen LogP contribution in [0.25, 0.3) is 6.20 Å². The van der Waals surface area contributed by atoms with E-state index < -0.39 is 6.36 Å². The Kier molecular flexibility index (Phi) is 9.11. The molecule has 2 heterocycles. The van der Waals surface area contributed by atoms with Gasteiger partial charge in [-0.3, -0.25) is 4.99 Å². The lowest BCUT2D eigenvalue weighted by Crippen LogP contribution is -2.15. The van der Waals surface area contributed by atoms with Crippen LogP contribution in [-0.2, 0) is 14.3 Å². The molecule has 0 aromatic carbocycles. The van der Waals surface area contributed by atoms with E-state index in [1.165, 1.54) is 12.2 Å². The zero-order valence-corrected chi connectivity index (χ0v) is 19.2. The molecule has 0 N–H and O–H groups in total. The maximum Gasteiger partial charge on any atom is 0.573 e. The fourth-order valence-electron chi connectivity index (χ4n) is 3.30. The van der Waals surface area contributed by atoms with Crippen LogP contribution in [0.2, 0.25) is 0 Å². The standard InChI is InChI=1S/C26H26F3N3O3/c1-3-9-22(34-26(27,28)29)12-6-10-20-11-7-13-23-21(18-20)19-25(31-35-23)33-17-8-16-32-15-5-4-14-24(32)30-2/h3-6,8-9,11-16,18H,1,7,10,17,19H2,2H3/b12-6-,16-8+,22-9+,30-24?. The van der Waals surface area contributed by atoms with E-state index >= 15 is 0 Å². The van der Waals surface area contributed by atoms with E-state index in [0.717, 1.165) is 22.7 Å². The van der Waals surface area contributed by atoms with Gasteiger partial charge in [0, 0.05) is 25.0 Å². The molecule has 0 unspecified atom stereocenters. The highest BCUT2D eigenvalue weighted by Crippen LogP contribution is 2.28. The number of ether oxygens (including phenoxy) is 2. The molecular formula is C26H26F3N3O3. The second kappa shape index (κ2) is 12.5. The molecule has 1 aliphatic carbocycles. The molecule has 0 saturated carbocycles. The maximum absolute atomic E-state index is 12.5. The Bertz CT molecular complexity index is 1200. The van der Waals surface area contributed by atoms with Crippen LogP contribution in [0.5, 0.6) is 0 Å². The van der Waals surface area contributed by atoms with Gasteiger partial charge < -0.3 is 18.9 Å². The molecule has 0 bridgehead atoms. The van der Waals surface area contributed by atoms with Crippen LogP contribution >= 0.6 is 0 Å². The van der Waals surface area contributed by atoms with Gasteiger partial charge in [0.1, 0.15) is 17.9 Å². The molecule has 35 heavy (non-hydrogen) atoms. The summed E-state index contributed by atoms with van der Waals surface area (Å²) < 4.78 is 49.1. The molecule has 0 fully saturated rings. The summed E-state index contributed by atoms with van der Waals surface area (Å²) >= 11 is 0. The Morgan fingerprint density at radius 3 is 2.91 bits per heavy atom. The number of nitrogens with zero attached hydrogens (tertiary/aromatic N) is 3. The third-order valence-corrected chi connectivity index (χ3v) is 4.81. The first-order valence-electron chi connectivity index (χ1n) is 10.9. The zero-order chi connectivity index (χ0) is 25.1. The minimum atomic E-state index is -4.76. The van der Waals surface area contributed by atoms with Crippen LogP contribution < -0.4 is 5.49 Å². The van der Waals surface area contributed by atoms with E-state index in [-0.39, 0.29) is 5.76 Å². The molecule has 0 radical (unpaired) electrons. The normalized spacial score (nSPS) is 17.1. The summed E-state index contributed by atoms with van der Waals surface area (Å²) in [6, 6.07) is 5.72. The molecule has 3 rings (SSSR count). The van der Waals surface area contributed by atoms with Crippen LogP contribution in [0, 0.1) is 0 Å². The number of hydrogen-bond acceptors (Lipinski definition) is 5. The summed E-state index contributed by atoms with van der Waals surface area (Å²) in [6.45, 7) is 3.71. The highest BCUT2D eigenvalue weighted by Gasteiger charge is 2.31. The van der Waals surface area contributed by atoms with Crippen molar-refractivity contribution < 1.29 is 27.5 Å². The van der Waals surface area contributed by atoms with E-state index in [1.54, 1.807) is 13.1 Å². The van der Waals surface area contributed by atoms with E-state index in [4.69, 9.17) is 9.57 Å². The summed E-state index contributed by atoms with van der Waals surface area (Å²) in [7, 11) is 1.72. The van der Waals surface area contributed by atoms with E-state index in [0.29, 0.717) is 37.5 Å². The lowest BCUT2D eigenvalue weighted by atomic mass is 10.0. The van der Waals surface area contributed by atoms with Crippen molar-refractivity contribution in [3.63, 3.8) is 0 Å². The first-order chi connectivity index (χ1) is 16.9. The Morgan fingerprint density at radius 1 is 1.29 bits per heavy atom. The van der Waals surface area contributed by atoms with Gasteiger partial charge in [0.2, 0.25) is 5.90 Å². The van der Waals surface area contributed by atoms with Gasteiger partial charge in [-0.15, -0.1) is 13.2 Å². The molecule has 9 heteroatoms. The minimum Gasteiger partial charge on any atom is -0.474 e. The Morgan fingerprint density at radius 2 is 2.14 bits per heavy atom. The van der Waals surface area contributed by atoms with Crippen LogP contribution in [0.4, 0.5) is 13.2 Å². The summed E-state index contributed by atoms with van der Waals surface area (Å²) in [4.78, 5) is 9.69. The van der Waals surface area contributed by atoms with Gasteiger partial charge in [-0.25, -0.2) is 0 Å². The van der Waals surface area contributed by atoms with Crippen molar-refractivity contribution >= 4 is 12.1 Å². The lowest BCUT2D eigenvalue weighted by molar-refractivity contribution is -0.303. The van der Waals surface area contributed by atoms with Crippen molar-refractivity contribution in [1.29, 1.82) is 0 Å². The first-order valence-corrected chi connectivity index (χ1v) is 10.9. The van der Waals surface area contributed by atoms with Gasteiger partial charge in [0.25, 0.3) is 0 Å². The van der Waals surface area contributed by atoms with Gasteiger partial charge in [-0.1, -0.05) is 36.9 Å². The second-order valence-corrected chi connectivity index (χ2v) is 7.35. The monoisotopic (exact) mass is 485 g/mol. The van der Waals surface area contributed by atoms with Crippen LogP contribution in [-0.4, -0.2) is 30.5 Å². The highest BCUT2D eigenvalue weighted by atomic mass is 19.4. The number of aromatic nitrogens is 1. The summed E-state index contributed by atoms with van der Waals surface area (Å²) in [6.07, 6.45) is 13.4. The maximum atomic E-state index is 12.5. The van der Waals surface area contributed by atoms with Gasteiger partial charge in [-0.05, 0) is 60.0 Å². The van der Waals surface area contributed by atoms with Gasteiger partial charge in [0.15, 0.2) is 5.76 Å². The minimum absolute atomic E-state index is 0.294. The third kappa shape index (κ3) is 8.37.